The van der Waals surface area contributed by atoms with Crippen LogP contribution in [0, 0.1) is 12.8 Å². The molecule has 1 amide bonds. The van der Waals surface area contributed by atoms with Crippen LogP contribution in [0.15, 0.2) is 30.6 Å². The topological polar surface area (TPSA) is 63.1 Å². The lowest BCUT2D eigenvalue weighted by atomic mass is 10.0. The van der Waals surface area contributed by atoms with Gasteiger partial charge < -0.3 is 10.2 Å². The maximum atomic E-state index is 13.0. The lowest BCUT2D eigenvalue weighted by Gasteiger charge is -2.38. The number of amides is 1. The molecule has 1 aromatic carbocycles. The fourth-order valence-electron chi connectivity index (χ4n) is 2.97. The maximum Gasteiger partial charge on any atom is 0.416 e. The minimum Gasteiger partial charge on any atom is -0.338 e. The van der Waals surface area contributed by atoms with Gasteiger partial charge in [0.1, 0.15) is 6.33 Å². The Morgan fingerprint density at radius 1 is 1.33 bits per heavy atom. The first kappa shape index (κ1) is 19.1. The molecule has 2 heterocycles. The number of aryl methyl sites for hydroxylation is 1. The van der Waals surface area contributed by atoms with Gasteiger partial charge in [-0.2, -0.15) is 13.2 Å². The summed E-state index contributed by atoms with van der Waals surface area (Å²) in [5.74, 6) is 0.503. The number of carbonyl (C=O) groups is 1. The molecule has 0 radical (unpaired) electrons. The van der Waals surface area contributed by atoms with Crippen LogP contribution in [-0.4, -0.2) is 52.3 Å². The summed E-state index contributed by atoms with van der Waals surface area (Å²) < 4.78 is 40.2. The molecule has 1 N–H and O–H groups in total. The van der Waals surface area contributed by atoms with Gasteiger partial charge in [-0.25, -0.2) is 9.67 Å². The summed E-state index contributed by atoms with van der Waals surface area (Å²) in [4.78, 5) is 17.8. The van der Waals surface area contributed by atoms with Crippen molar-refractivity contribution in [2.45, 2.75) is 13.1 Å². The van der Waals surface area contributed by atoms with Crippen LogP contribution in [0.2, 0.25) is 0 Å². The molecule has 9 heteroatoms. The quantitative estimate of drug-likeness (QED) is 0.811. The molecule has 0 saturated carbocycles. The van der Waals surface area contributed by atoms with E-state index in [1.165, 1.54) is 23.3 Å². The van der Waals surface area contributed by atoms with E-state index in [-0.39, 0.29) is 17.3 Å². The number of rotatable bonds is 5. The van der Waals surface area contributed by atoms with Crippen LogP contribution in [-0.2, 0) is 11.0 Å². The number of halogens is 3. The van der Waals surface area contributed by atoms with E-state index in [0.717, 1.165) is 18.7 Å². The lowest BCUT2D eigenvalue weighted by molar-refractivity contribution is -0.137. The second-order valence-electron chi connectivity index (χ2n) is 6.62. The van der Waals surface area contributed by atoms with Crippen molar-refractivity contribution in [1.29, 1.82) is 0 Å². The van der Waals surface area contributed by atoms with Gasteiger partial charge in [-0.05, 0) is 37.7 Å². The monoisotopic (exact) mass is 379 g/mol. The third-order valence-electron chi connectivity index (χ3n) is 4.30. The minimum atomic E-state index is -4.43. The van der Waals surface area contributed by atoms with Gasteiger partial charge in [-0.1, -0.05) is 0 Å². The largest absolute Gasteiger partial charge is 0.416 e. The van der Waals surface area contributed by atoms with E-state index < -0.39 is 11.7 Å². The second kappa shape index (κ2) is 7.51. The van der Waals surface area contributed by atoms with Crippen molar-refractivity contribution in [3.8, 4) is 11.4 Å². The first-order valence-corrected chi connectivity index (χ1v) is 8.48. The van der Waals surface area contributed by atoms with Gasteiger partial charge in [0, 0.05) is 43.4 Å². The molecule has 1 aliphatic rings. The molecular weight excluding hydrogens is 359 g/mol. The van der Waals surface area contributed by atoms with Crippen LogP contribution in [0.25, 0.3) is 17.6 Å². The molecule has 0 atom stereocenters. The Morgan fingerprint density at radius 3 is 2.74 bits per heavy atom. The summed E-state index contributed by atoms with van der Waals surface area (Å²) in [7, 11) is 1.87. The normalized spacial score (nSPS) is 15.4. The Kier molecular flexibility index (Phi) is 5.31. The molecule has 1 saturated heterocycles. The number of likely N-dealkylation sites (tertiary alicyclic amines) is 1. The molecule has 6 nitrogen and oxygen atoms in total. The molecule has 3 rings (SSSR count). The van der Waals surface area contributed by atoms with Crippen molar-refractivity contribution in [3.05, 3.63) is 41.7 Å². The molecule has 144 valence electrons. The SMILES string of the molecule is CNCC1CN(C(=O)/C=C\n2cnc(-c3cc(C)cc(C(F)(F)F)c3)n2)C1. The fraction of sp³-hybridized carbons (Fsp3) is 0.389. The van der Waals surface area contributed by atoms with Gasteiger partial charge >= 0.3 is 6.18 Å². The molecule has 0 unspecified atom stereocenters. The molecule has 1 fully saturated rings. The predicted octanol–water partition coefficient (Wildman–Crippen LogP) is 2.42. The third-order valence-corrected chi connectivity index (χ3v) is 4.30. The molecule has 0 spiro atoms. The van der Waals surface area contributed by atoms with Gasteiger partial charge in [0.2, 0.25) is 5.91 Å². The molecule has 1 aliphatic heterocycles. The number of hydrogen-bond donors (Lipinski definition) is 1. The Labute approximate surface area is 154 Å². The van der Waals surface area contributed by atoms with Crippen LogP contribution in [0.1, 0.15) is 11.1 Å². The highest BCUT2D eigenvalue weighted by Crippen LogP contribution is 2.32. The van der Waals surface area contributed by atoms with Crippen LogP contribution in [0.3, 0.4) is 0 Å². The molecule has 0 bridgehead atoms. The molecule has 0 aliphatic carbocycles. The van der Waals surface area contributed by atoms with Gasteiger partial charge in [0.05, 0.1) is 5.56 Å². The standard InChI is InChI=1S/C18H20F3N5O/c1-12-5-14(7-15(6-12)18(19,20)21)17-23-11-26(24-17)4-3-16(27)25-9-13(10-25)8-22-2/h3-7,11,13,22H,8-10H2,1-2H3/b4-3-. The van der Waals surface area contributed by atoms with E-state index in [1.807, 2.05) is 7.05 Å². The van der Waals surface area contributed by atoms with E-state index >= 15 is 0 Å². The molecule has 27 heavy (non-hydrogen) atoms. The average Bonchev–Trinajstić information content (AvgIpc) is 3.03. The Hall–Kier alpha value is -2.68. The van der Waals surface area contributed by atoms with E-state index in [0.29, 0.717) is 24.6 Å². The zero-order valence-corrected chi connectivity index (χ0v) is 15.0. The van der Waals surface area contributed by atoms with Crippen molar-refractivity contribution >= 4 is 12.1 Å². The summed E-state index contributed by atoms with van der Waals surface area (Å²) in [6.45, 7) is 3.87. The minimum absolute atomic E-state index is 0.130. The Morgan fingerprint density at radius 2 is 2.07 bits per heavy atom. The van der Waals surface area contributed by atoms with E-state index in [1.54, 1.807) is 17.9 Å². The number of hydrogen-bond acceptors (Lipinski definition) is 4. The van der Waals surface area contributed by atoms with Crippen LogP contribution >= 0.6 is 0 Å². The van der Waals surface area contributed by atoms with Crippen LogP contribution < -0.4 is 5.32 Å². The van der Waals surface area contributed by atoms with Gasteiger partial charge in [0.15, 0.2) is 5.82 Å². The molecule has 2 aromatic rings. The van der Waals surface area contributed by atoms with E-state index in [4.69, 9.17) is 0 Å². The summed E-state index contributed by atoms with van der Waals surface area (Å²) in [6, 6.07) is 3.68. The zero-order valence-electron chi connectivity index (χ0n) is 15.0. The Bertz CT molecular complexity index is 853. The zero-order chi connectivity index (χ0) is 19.6. The van der Waals surface area contributed by atoms with Crippen LogP contribution in [0.5, 0.6) is 0 Å². The third kappa shape index (κ3) is 4.54. The van der Waals surface area contributed by atoms with E-state index in [9.17, 15) is 18.0 Å². The van der Waals surface area contributed by atoms with Gasteiger partial charge in [-0.3, -0.25) is 4.79 Å². The highest BCUT2D eigenvalue weighted by atomic mass is 19.4. The summed E-state index contributed by atoms with van der Waals surface area (Å²) >= 11 is 0. The number of carbonyl (C=O) groups excluding carboxylic acids is 1. The van der Waals surface area contributed by atoms with Gasteiger partial charge in [-0.15, -0.1) is 5.10 Å². The highest BCUT2D eigenvalue weighted by molar-refractivity contribution is 5.90. The molecule has 1 aromatic heterocycles. The number of nitrogens with zero attached hydrogens (tertiary/aromatic N) is 4. The first-order chi connectivity index (χ1) is 12.8. The van der Waals surface area contributed by atoms with Crippen molar-refractivity contribution < 1.29 is 18.0 Å². The number of benzene rings is 1. The van der Waals surface area contributed by atoms with Crippen molar-refractivity contribution in [3.63, 3.8) is 0 Å². The number of alkyl halides is 3. The number of aromatic nitrogens is 3. The summed E-state index contributed by atoms with van der Waals surface area (Å²) in [5.41, 5.74) is 0.00253. The summed E-state index contributed by atoms with van der Waals surface area (Å²) in [5, 5.41) is 7.21. The van der Waals surface area contributed by atoms with E-state index in [2.05, 4.69) is 15.4 Å². The molecular formula is C18H20F3N5O. The predicted molar refractivity (Wildman–Crippen MR) is 94.5 cm³/mol. The first-order valence-electron chi connectivity index (χ1n) is 8.48. The highest BCUT2D eigenvalue weighted by Gasteiger charge is 2.31. The Balaban J connectivity index is 1.69. The number of nitrogens with one attached hydrogen (secondary N) is 1. The second-order valence-corrected chi connectivity index (χ2v) is 6.62. The van der Waals surface area contributed by atoms with Crippen molar-refractivity contribution in [2.75, 3.05) is 26.7 Å². The average molecular weight is 379 g/mol. The smallest absolute Gasteiger partial charge is 0.338 e. The lowest BCUT2D eigenvalue weighted by Crippen LogP contribution is -2.52. The summed E-state index contributed by atoms with van der Waals surface area (Å²) in [6.07, 6.45) is -0.247. The van der Waals surface area contributed by atoms with Crippen molar-refractivity contribution in [2.24, 2.45) is 5.92 Å². The maximum absolute atomic E-state index is 13.0. The fourth-order valence-corrected chi connectivity index (χ4v) is 2.97. The van der Waals surface area contributed by atoms with Crippen molar-refractivity contribution in [1.82, 2.24) is 25.0 Å². The van der Waals surface area contributed by atoms with Gasteiger partial charge in [0.25, 0.3) is 0 Å². The van der Waals surface area contributed by atoms with Crippen LogP contribution in [0.4, 0.5) is 13.2 Å².